The molecule has 0 heterocycles. The van der Waals surface area contributed by atoms with E-state index in [1.165, 1.54) is 52.3 Å². The van der Waals surface area contributed by atoms with Gasteiger partial charge in [-0.1, -0.05) is 88.6 Å². The molecule has 0 N–H and O–H groups in total. The summed E-state index contributed by atoms with van der Waals surface area (Å²) in [7, 11) is 0. The summed E-state index contributed by atoms with van der Waals surface area (Å²) < 4.78 is 6.02. The molecule has 3 aromatic rings. The van der Waals surface area contributed by atoms with Gasteiger partial charge in [0.1, 0.15) is 5.75 Å². The zero-order valence-corrected chi connectivity index (χ0v) is 19.9. The van der Waals surface area contributed by atoms with Crippen LogP contribution in [-0.4, -0.2) is 6.61 Å². The Bertz CT molecular complexity index is 995. The predicted molar refractivity (Wildman–Crippen MR) is 137 cm³/mol. The Labute approximate surface area is 189 Å². The van der Waals surface area contributed by atoms with Gasteiger partial charge in [-0.2, -0.15) is 0 Å². The van der Waals surface area contributed by atoms with E-state index >= 15 is 0 Å². The van der Waals surface area contributed by atoms with Crippen LogP contribution in [0, 0.1) is 18.8 Å². The summed E-state index contributed by atoms with van der Waals surface area (Å²) in [5, 5.41) is 2.63. The number of hydrogen-bond donors (Lipinski definition) is 0. The lowest BCUT2D eigenvalue weighted by Gasteiger charge is -2.13. The van der Waals surface area contributed by atoms with E-state index in [9.17, 15) is 0 Å². The zero-order chi connectivity index (χ0) is 22.2. The maximum absolute atomic E-state index is 6.02. The van der Waals surface area contributed by atoms with Crippen molar-refractivity contribution in [3.63, 3.8) is 0 Å². The molecular weight excluding hydrogens is 376 g/mol. The van der Waals surface area contributed by atoms with E-state index in [0.717, 1.165) is 30.6 Å². The maximum Gasteiger partial charge on any atom is 0.119 e. The number of hydrogen-bond acceptors (Lipinski definition) is 1. The van der Waals surface area contributed by atoms with Crippen molar-refractivity contribution in [1.29, 1.82) is 0 Å². The third-order valence-electron chi connectivity index (χ3n) is 6.16. The quantitative estimate of drug-likeness (QED) is 0.321. The highest BCUT2D eigenvalue weighted by Crippen LogP contribution is 2.30. The first kappa shape index (κ1) is 23.1. The lowest BCUT2D eigenvalue weighted by molar-refractivity contribution is 0.276. The molecule has 0 aliphatic rings. The molecule has 0 aliphatic carbocycles. The summed E-state index contributed by atoms with van der Waals surface area (Å²) in [4.78, 5) is 0. The van der Waals surface area contributed by atoms with Crippen LogP contribution in [0.4, 0.5) is 0 Å². The summed E-state index contributed by atoms with van der Waals surface area (Å²) in [6, 6.07) is 19.8. The second-order valence-electron chi connectivity index (χ2n) is 9.32. The molecule has 0 saturated heterocycles. The number of rotatable bonds is 10. The third kappa shape index (κ3) is 6.47. The van der Waals surface area contributed by atoms with Crippen LogP contribution in [0.25, 0.3) is 28.0 Å². The van der Waals surface area contributed by atoms with Gasteiger partial charge >= 0.3 is 0 Å². The van der Waals surface area contributed by atoms with E-state index in [-0.39, 0.29) is 0 Å². The Hall–Kier alpha value is -2.54. The Morgan fingerprint density at radius 3 is 2.26 bits per heavy atom. The monoisotopic (exact) mass is 414 g/mol. The largest absolute Gasteiger partial charge is 0.494 e. The molecular formula is C30H38O. The van der Waals surface area contributed by atoms with Crippen LogP contribution in [0.15, 0.2) is 60.7 Å². The number of aryl methyl sites for hydroxylation is 1. The third-order valence-corrected chi connectivity index (χ3v) is 6.16. The summed E-state index contributed by atoms with van der Waals surface area (Å²) in [6.07, 6.45) is 9.38. The van der Waals surface area contributed by atoms with Gasteiger partial charge in [0.05, 0.1) is 6.61 Å². The van der Waals surface area contributed by atoms with Crippen LogP contribution in [0.2, 0.25) is 0 Å². The van der Waals surface area contributed by atoms with Gasteiger partial charge in [-0.3, -0.25) is 0 Å². The van der Waals surface area contributed by atoms with Gasteiger partial charge < -0.3 is 4.74 Å². The first-order chi connectivity index (χ1) is 15.0. The van der Waals surface area contributed by atoms with Crippen LogP contribution >= 0.6 is 0 Å². The molecule has 3 rings (SSSR count). The maximum atomic E-state index is 6.02. The summed E-state index contributed by atoms with van der Waals surface area (Å²) in [5.41, 5.74) is 5.06. The average Bonchev–Trinajstić information content (AvgIpc) is 2.76. The Morgan fingerprint density at radius 1 is 0.806 bits per heavy atom. The Kier molecular flexibility index (Phi) is 8.35. The van der Waals surface area contributed by atoms with Gasteiger partial charge in [0.15, 0.2) is 0 Å². The van der Waals surface area contributed by atoms with Crippen molar-refractivity contribution < 1.29 is 4.74 Å². The van der Waals surface area contributed by atoms with E-state index in [4.69, 9.17) is 4.74 Å². The molecule has 3 aromatic carbocycles. The van der Waals surface area contributed by atoms with Gasteiger partial charge in [0.2, 0.25) is 0 Å². The first-order valence-corrected chi connectivity index (χ1v) is 11.9. The fourth-order valence-corrected chi connectivity index (χ4v) is 4.17. The van der Waals surface area contributed by atoms with Crippen molar-refractivity contribution >= 4 is 16.8 Å². The zero-order valence-electron chi connectivity index (χ0n) is 19.9. The molecule has 1 nitrogen and oxygen atoms in total. The number of benzene rings is 3. The molecule has 0 fully saturated rings. The molecule has 0 aromatic heterocycles. The molecule has 1 atom stereocenters. The molecule has 31 heavy (non-hydrogen) atoms. The van der Waals surface area contributed by atoms with E-state index in [2.05, 4.69) is 101 Å². The first-order valence-electron chi connectivity index (χ1n) is 11.9. The van der Waals surface area contributed by atoms with Crippen molar-refractivity contribution in [3.05, 3.63) is 71.8 Å². The van der Waals surface area contributed by atoms with Crippen LogP contribution in [0.1, 0.15) is 64.5 Å². The smallest absolute Gasteiger partial charge is 0.119 e. The van der Waals surface area contributed by atoms with Gasteiger partial charge in [-0.15, -0.1) is 0 Å². The van der Waals surface area contributed by atoms with Crippen molar-refractivity contribution in [2.45, 2.75) is 60.3 Å². The summed E-state index contributed by atoms with van der Waals surface area (Å²) >= 11 is 0. The minimum Gasteiger partial charge on any atom is -0.494 e. The predicted octanol–water partition coefficient (Wildman–Crippen LogP) is 9.08. The second kappa shape index (κ2) is 11.2. The van der Waals surface area contributed by atoms with Gasteiger partial charge in [-0.25, -0.2) is 0 Å². The standard InChI is InChI=1S/C30H38O/c1-6-8-26-12-11-24(5)29-18-15-27(21-30(26)29)25-13-16-28(17-14-25)31-20-19-23(4)10-7-9-22(2)3/h6,8,11-18,21-23H,7,9-10,19-20H2,1-5H3/b8-6+. The second-order valence-corrected chi connectivity index (χ2v) is 9.32. The normalized spacial score (nSPS) is 12.7. The van der Waals surface area contributed by atoms with Crippen molar-refractivity contribution in [1.82, 2.24) is 0 Å². The molecule has 0 amide bonds. The molecule has 0 saturated carbocycles. The van der Waals surface area contributed by atoms with Gasteiger partial charge in [-0.05, 0) is 83.3 Å². The van der Waals surface area contributed by atoms with Crippen molar-refractivity contribution in [3.8, 4) is 16.9 Å². The Morgan fingerprint density at radius 2 is 1.55 bits per heavy atom. The van der Waals surface area contributed by atoms with E-state index < -0.39 is 0 Å². The molecule has 164 valence electrons. The molecule has 0 spiro atoms. The van der Waals surface area contributed by atoms with Crippen LogP contribution < -0.4 is 4.74 Å². The molecule has 0 bridgehead atoms. The highest BCUT2D eigenvalue weighted by atomic mass is 16.5. The van der Waals surface area contributed by atoms with Crippen LogP contribution in [0.5, 0.6) is 5.75 Å². The van der Waals surface area contributed by atoms with E-state index in [1.54, 1.807) is 0 Å². The number of allylic oxidation sites excluding steroid dienone is 1. The minimum atomic E-state index is 0.727. The molecule has 1 unspecified atom stereocenters. The fourth-order valence-electron chi connectivity index (χ4n) is 4.17. The SMILES string of the molecule is C/C=C/c1ccc(C)c2ccc(-c3ccc(OCCC(C)CCCC(C)C)cc3)cc12. The Balaban J connectivity index is 1.63. The van der Waals surface area contributed by atoms with Gasteiger partial charge in [0.25, 0.3) is 0 Å². The van der Waals surface area contributed by atoms with Crippen molar-refractivity contribution in [2.75, 3.05) is 6.61 Å². The highest BCUT2D eigenvalue weighted by Gasteiger charge is 2.07. The average molecular weight is 415 g/mol. The van der Waals surface area contributed by atoms with Crippen molar-refractivity contribution in [2.24, 2.45) is 11.8 Å². The molecule has 0 radical (unpaired) electrons. The number of fused-ring (bicyclic) bond motifs is 1. The van der Waals surface area contributed by atoms with Gasteiger partial charge in [0, 0.05) is 0 Å². The van der Waals surface area contributed by atoms with Crippen LogP contribution in [0.3, 0.4) is 0 Å². The fraction of sp³-hybridized carbons (Fsp3) is 0.400. The lowest BCUT2D eigenvalue weighted by atomic mass is 9.95. The van der Waals surface area contributed by atoms with E-state index in [1.807, 2.05) is 0 Å². The number of ether oxygens (including phenoxy) is 1. The van der Waals surface area contributed by atoms with E-state index in [0.29, 0.717) is 0 Å². The summed E-state index contributed by atoms with van der Waals surface area (Å²) in [5.74, 6) is 2.50. The summed E-state index contributed by atoms with van der Waals surface area (Å²) in [6.45, 7) is 12.0. The molecule has 1 heteroatoms. The topological polar surface area (TPSA) is 9.23 Å². The minimum absolute atomic E-state index is 0.727. The highest BCUT2D eigenvalue weighted by molar-refractivity contribution is 5.95. The lowest BCUT2D eigenvalue weighted by Crippen LogP contribution is -2.04. The molecule has 0 aliphatic heterocycles. The van der Waals surface area contributed by atoms with Crippen LogP contribution in [-0.2, 0) is 0 Å².